The number of primary amides is 1. The average Bonchev–Trinajstić information content (AvgIpc) is 2.04. The topological polar surface area (TPSA) is 55.1 Å². The first kappa shape index (κ1) is 11.4. The molecule has 0 aromatic carbocycles. The smallest absolute Gasteiger partial charge is 0.237 e. The molecule has 0 saturated heterocycles. The van der Waals surface area contributed by atoms with Crippen LogP contribution in [0.5, 0.6) is 0 Å². The molecule has 0 aliphatic carbocycles. The number of unbranched alkanes of at least 4 members (excludes halogenated alkanes) is 2. The van der Waals surface area contributed by atoms with Gasteiger partial charge in [0.15, 0.2) is 0 Å². The number of carbonyl (C=O) groups excluding carboxylic acids is 1. The molecule has 0 fully saturated rings. The highest BCUT2D eigenvalue weighted by atomic mass is 16.1. The third-order valence-electron chi connectivity index (χ3n) is 2.38. The highest BCUT2D eigenvalue weighted by Crippen LogP contribution is 2.13. The van der Waals surface area contributed by atoms with E-state index in [1.807, 2.05) is 6.92 Å². The van der Waals surface area contributed by atoms with E-state index in [1.54, 1.807) is 7.05 Å². The van der Waals surface area contributed by atoms with Crippen molar-refractivity contribution in [1.29, 1.82) is 0 Å². The van der Waals surface area contributed by atoms with E-state index in [2.05, 4.69) is 12.2 Å². The van der Waals surface area contributed by atoms with Crippen molar-refractivity contribution in [2.75, 3.05) is 7.05 Å². The second kappa shape index (κ2) is 5.14. The van der Waals surface area contributed by atoms with Gasteiger partial charge >= 0.3 is 0 Å². The van der Waals surface area contributed by atoms with E-state index >= 15 is 0 Å². The fourth-order valence-corrected chi connectivity index (χ4v) is 1.10. The number of carbonyl (C=O) groups is 1. The molecule has 72 valence electrons. The Kier molecular flexibility index (Phi) is 4.90. The summed E-state index contributed by atoms with van der Waals surface area (Å²) in [6, 6.07) is 0. The van der Waals surface area contributed by atoms with Gasteiger partial charge in [0.25, 0.3) is 0 Å². The molecule has 3 N–H and O–H groups in total. The maximum absolute atomic E-state index is 11.0. The highest BCUT2D eigenvalue weighted by Gasteiger charge is 2.27. The molecule has 0 aromatic heterocycles. The summed E-state index contributed by atoms with van der Waals surface area (Å²) in [5.74, 6) is -0.263. The van der Waals surface area contributed by atoms with Gasteiger partial charge in [0.2, 0.25) is 5.91 Å². The Balaban J connectivity index is 3.88. The maximum Gasteiger partial charge on any atom is 0.237 e. The van der Waals surface area contributed by atoms with Crippen LogP contribution in [-0.4, -0.2) is 18.5 Å². The molecule has 0 rings (SSSR count). The van der Waals surface area contributed by atoms with Crippen LogP contribution in [0.3, 0.4) is 0 Å². The van der Waals surface area contributed by atoms with Crippen LogP contribution in [0.15, 0.2) is 0 Å². The van der Waals surface area contributed by atoms with Gasteiger partial charge in [-0.2, -0.15) is 0 Å². The molecule has 12 heavy (non-hydrogen) atoms. The van der Waals surface area contributed by atoms with Crippen LogP contribution < -0.4 is 11.1 Å². The Hall–Kier alpha value is -0.570. The molecule has 3 heteroatoms. The summed E-state index contributed by atoms with van der Waals surface area (Å²) in [6.07, 6.45) is 4.20. The van der Waals surface area contributed by atoms with Crippen LogP contribution in [-0.2, 0) is 4.79 Å². The Bertz CT molecular complexity index is 147. The van der Waals surface area contributed by atoms with Gasteiger partial charge in [-0.1, -0.05) is 26.2 Å². The molecule has 0 radical (unpaired) electrons. The second-order valence-corrected chi connectivity index (χ2v) is 3.40. The lowest BCUT2D eigenvalue weighted by Gasteiger charge is -2.25. The second-order valence-electron chi connectivity index (χ2n) is 3.40. The van der Waals surface area contributed by atoms with Gasteiger partial charge in [-0.25, -0.2) is 0 Å². The predicted molar refractivity (Wildman–Crippen MR) is 50.8 cm³/mol. The summed E-state index contributed by atoms with van der Waals surface area (Å²) in [5.41, 5.74) is 4.74. The zero-order valence-corrected chi connectivity index (χ0v) is 8.31. The number of nitrogens with two attached hydrogens (primary N) is 1. The molecule has 0 aliphatic heterocycles. The van der Waals surface area contributed by atoms with Crippen LogP contribution in [0.4, 0.5) is 0 Å². The minimum absolute atomic E-state index is 0.263. The molecule has 0 saturated carbocycles. The number of nitrogens with one attached hydrogen (secondary N) is 1. The molecule has 0 bridgehead atoms. The summed E-state index contributed by atoms with van der Waals surface area (Å²) in [5, 5.41) is 2.96. The van der Waals surface area contributed by atoms with E-state index in [0.717, 1.165) is 19.3 Å². The number of hydrogen-bond donors (Lipinski definition) is 2. The summed E-state index contributed by atoms with van der Waals surface area (Å²) >= 11 is 0. The van der Waals surface area contributed by atoms with Gasteiger partial charge < -0.3 is 11.1 Å². The van der Waals surface area contributed by atoms with Gasteiger partial charge in [0.05, 0.1) is 5.54 Å². The Morgan fingerprint density at radius 1 is 1.50 bits per heavy atom. The van der Waals surface area contributed by atoms with E-state index in [-0.39, 0.29) is 5.91 Å². The lowest BCUT2D eigenvalue weighted by atomic mass is 9.94. The minimum Gasteiger partial charge on any atom is -0.368 e. The van der Waals surface area contributed by atoms with Crippen molar-refractivity contribution < 1.29 is 4.79 Å². The average molecular weight is 172 g/mol. The van der Waals surface area contributed by atoms with Crippen molar-refractivity contribution in [2.24, 2.45) is 5.73 Å². The Morgan fingerprint density at radius 3 is 2.42 bits per heavy atom. The van der Waals surface area contributed by atoms with E-state index < -0.39 is 5.54 Å². The lowest BCUT2D eigenvalue weighted by Crippen LogP contribution is -2.51. The van der Waals surface area contributed by atoms with Crippen LogP contribution >= 0.6 is 0 Å². The number of amides is 1. The molecule has 1 atom stereocenters. The van der Waals surface area contributed by atoms with Gasteiger partial charge in [0, 0.05) is 0 Å². The third kappa shape index (κ3) is 3.22. The third-order valence-corrected chi connectivity index (χ3v) is 2.38. The van der Waals surface area contributed by atoms with Crippen molar-refractivity contribution in [3.05, 3.63) is 0 Å². The van der Waals surface area contributed by atoms with E-state index in [0.29, 0.717) is 0 Å². The summed E-state index contributed by atoms with van der Waals surface area (Å²) < 4.78 is 0. The van der Waals surface area contributed by atoms with Crippen molar-refractivity contribution >= 4 is 5.91 Å². The number of hydrogen-bond acceptors (Lipinski definition) is 2. The summed E-state index contributed by atoms with van der Waals surface area (Å²) in [4.78, 5) is 11.0. The zero-order chi connectivity index (χ0) is 9.61. The molecule has 0 spiro atoms. The molecule has 1 unspecified atom stereocenters. The highest BCUT2D eigenvalue weighted by molar-refractivity contribution is 5.84. The van der Waals surface area contributed by atoms with Gasteiger partial charge in [-0.05, 0) is 20.4 Å². The normalized spacial score (nSPS) is 15.6. The summed E-state index contributed by atoms with van der Waals surface area (Å²) in [7, 11) is 1.77. The lowest BCUT2D eigenvalue weighted by molar-refractivity contribution is -0.123. The fraction of sp³-hybridized carbons (Fsp3) is 0.889. The van der Waals surface area contributed by atoms with Gasteiger partial charge in [-0.15, -0.1) is 0 Å². The standard InChI is InChI=1S/C9H20N2O/c1-4-5-6-7-9(2,11-3)8(10)12/h11H,4-7H2,1-3H3,(H2,10,12). The number of likely N-dealkylation sites (N-methyl/N-ethyl adjacent to an activating group) is 1. The first-order chi connectivity index (χ1) is 5.56. The van der Waals surface area contributed by atoms with Crippen molar-refractivity contribution in [3.63, 3.8) is 0 Å². The fourth-order valence-electron chi connectivity index (χ4n) is 1.10. The molecular formula is C9H20N2O. The monoisotopic (exact) mass is 172 g/mol. The minimum atomic E-state index is -0.519. The van der Waals surface area contributed by atoms with Crippen molar-refractivity contribution in [2.45, 2.75) is 45.1 Å². The molecule has 0 aliphatic rings. The first-order valence-electron chi connectivity index (χ1n) is 4.55. The molecule has 0 heterocycles. The first-order valence-corrected chi connectivity index (χ1v) is 4.55. The van der Waals surface area contributed by atoms with Crippen LogP contribution in [0, 0.1) is 0 Å². The zero-order valence-electron chi connectivity index (χ0n) is 8.31. The van der Waals surface area contributed by atoms with Crippen molar-refractivity contribution in [1.82, 2.24) is 5.32 Å². The molecule has 1 amide bonds. The van der Waals surface area contributed by atoms with E-state index in [1.165, 1.54) is 6.42 Å². The Morgan fingerprint density at radius 2 is 2.08 bits per heavy atom. The Labute approximate surface area is 74.7 Å². The quantitative estimate of drug-likeness (QED) is 0.588. The molecular weight excluding hydrogens is 152 g/mol. The van der Waals surface area contributed by atoms with Gasteiger partial charge in [-0.3, -0.25) is 4.79 Å². The van der Waals surface area contributed by atoms with Crippen LogP contribution in [0.1, 0.15) is 39.5 Å². The van der Waals surface area contributed by atoms with Crippen molar-refractivity contribution in [3.8, 4) is 0 Å². The predicted octanol–water partition coefficient (Wildman–Crippen LogP) is 1.03. The summed E-state index contributed by atoms with van der Waals surface area (Å²) in [6.45, 7) is 3.99. The van der Waals surface area contributed by atoms with Crippen LogP contribution in [0.25, 0.3) is 0 Å². The van der Waals surface area contributed by atoms with E-state index in [9.17, 15) is 4.79 Å². The SMILES string of the molecule is CCCCCC(C)(NC)C(N)=O. The maximum atomic E-state index is 11.0. The van der Waals surface area contributed by atoms with E-state index in [4.69, 9.17) is 5.73 Å². The number of rotatable bonds is 6. The van der Waals surface area contributed by atoms with Gasteiger partial charge in [0.1, 0.15) is 0 Å². The molecule has 0 aromatic rings. The largest absolute Gasteiger partial charge is 0.368 e. The molecule has 3 nitrogen and oxygen atoms in total. The van der Waals surface area contributed by atoms with Crippen LogP contribution in [0.2, 0.25) is 0 Å².